The summed E-state index contributed by atoms with van der Waals surface area (Å²) in [5, 5.41) is 11.0. The van der Waals surface area contributed by atoms with E-state index >= 15 is 0 Å². The fraction of sp³-hybridized carbons (Fsp3) is 0.500. The van der Waals surface area contributed by atoms with E-state index in [0.717, 1.165) is 0 Å². The van der Waals surface area contributed by atoms with Gasteiger partial charge >= 0.3 is 5.97 Å². The number of β-lactam (4-membered cyclic amide) rings is 1. The Balaban J connectivity index is 2.40. The molecule has 98 valence electrons. The Bertz CT molecular complexity index is 461. The maximum Gasteiger partial charge on any atom is 0.356 e. The number of hydrogen-bond donors (Lipinski definition) is 2. The third-order valence-electron chi connectivity index (χ3n) is 2.67. The minimum Gasteiger partial charge on any atom is -0.495 e. The number of carbonyl (C=O) groups is 3. The molecule has 2 aliphatic heterocycles. The number of methoxy groups -OCH3 is 1. The topological polar surface area (TPSA) is 95.9 Å². The van der Waals surface area contributed by atoms with Gasteiger partial charge < -0.3 is 15.2 Å². The van der Waals surface area contributed by atoms with Gasteiger partial charge in [0.1, 0.15) is 5.37 Å². The van der Waals surface area contributed by atoms with Gasteiger partial charge in [0.2, 0.25) is 11.8 Å². The number of aliphatic carboxylic acids is 1. The van der Waals surface area contributed by atoms with Crippen molar-refractivity contribution < 1.29 is 24.2 Å². The van der Waals surface area contributed by atoms with Crippen LogP contribution in [-0.2, 0) is 19.1 Å². The molecular weight excluding hydrogens is 260 g/mol. The van der Waals surface area contributed by atoms with Crippen molar-refractivity contribution in [2.45, 2.75) is 24.1 Å². The Morgan fingerprint density at radius 1 is 1.56 bits per heavy atom. The summed E-state index contributed by atoms with van der Waals surface area (Å²) in [7, 11) is 1.32. The molecule has 0 saturated carbocycles. The van der Waals surface area contributed by atoms with Crippen molar-refractivity contribution in [2.75, 3.05) is 7.11 Å². The van der Waals surface area contributed by atoms with Gasteiger partial charge in [-0.1, -0.05) is 0 Å². The molecule has 2 heterocycles. The SMILES string of the molecule is COC1=C(C(=O)O)N2C(=O)C[C@H]2SC1NC(C)=O. The predicted octanol–water partition coefficient (Wildman–Crippen LogP) is -0.304. The molecule has 0 aromatic carbocycles. The third kappa shape index (κ3) is 1.92. The van der Waals surface area contributed by atoms with E-state index in [0.29, 0.717) is 0 Å². The number of nitrogens with one attached hydrogen (secondary N) is 1. The van der Waals surface area contributed by atoms with E-state index in [2.05, 4.69) is 5.32 Å². The Labute approximate surface area is 107 Å². The highest BCUT2D eigenvalue weighted by atomic mass is 32.2. The van der Waals surface area contributed by atoms with Crippen LogP contribution in [0.4, 0.5) is 0 Å². The molecule has 2 N–H and O–H groups in total. The molecule has 7 nitrogen and oxygen atoms in total. The lowest BCUT2D eigenvalue weighted by Crippen LogP contribution is -2.57. The van der Waals surface area contributed by atoms with E-state index in [1.165, 1.54) is 30.7 Å². The van der Waals surface area contributed by atoms with E-state index in [4.69, 9.17) is 4.74 Å². The first-order chi connectivity index (χ1) is 8.45. The van der Waals surface area contributed by atoms with Crippen LogP contribution in [0.1, 0.15) is 13.3 Å². The maximum atomic E-state index is 11.4. The lowest BCUT2D eigenvalue weighted by molar-refractivity contribution is -0.146. The summed E-state index contributed by atoms with van der Waals surface area (Å²) >= 11 is 1.29. The lowest BCUT2D eigenvalue weighted by Gasteiger charge is -2.45. The van der Waals surface area contributed by atoms with Crippen molar-refractivity contribution in [2.24, 2.45) is 0 Å². The molecule has 1 fully saturated rings. The van der Waals surface area contributed by atoms with Gasteiger partial charge in [0, 0.05) is 6.92 Å². The fourth-order valence-corrected chi connectivity index (χ4v) is 3.39. The first kappa shape index (κ1) is 12.7. The summed E-state index contributed by atoms with van der Waals surface area (Å²) in [6, 6.07) is 0. The maximum absolute atomic E-state index is 11.4. The Kier molecular flexibility index (Phi) is 3.20. The molecule has 0 bridgehead atoms. The molecule has 0 aromatic rings. The van der Waals surface area contributed by atoms with Gasteiger partial charge in [-0.2, -0.15) is 0 Å². The van der Waals surface area contributed by atoms with Crippen molar-refractivity contribution in [1.29, 1.82) is 0 Å². The number of carboxylic acid groups (broad SMARTS) is 1. The van der Waals surface area contributed by atoms with Crippen molar-refractivity contribution in [3.63, 3.8) is 0 Å². The van der Waals surface area contributed by atoms with Crippen LogP contribution in [0.25, 0.3) is 0 Å². The van der Waals surface area contributed by atoms with E-state index in [1.54, 1.807) is 0 Å². The van der Waals surface area contributed by atoms with E-state index in [-0.39, 0.29) is 35.1 Å². The van der Waals surface area contributed by atoms with Crippen molar-refractivity contribution in [3.8, 4) is 0 Å². The number of carboxylic acids is 1. The summed E-state index contributed by atoms with van der Waals surface area (Å²) in [6.07, 6.45) is 0.272. The summed E-state index contributed by atoms with van der Waals surface area (Å²) in [6.45, 7) is 1.34. The first-order valence-corrected chi connectivity index (χ1v) is 6.16. The molecule has 18 heavy (non-hydrogen) atoms. The molecule has 0 spiro atoms. The molecule has 2 aliphatic rings. The number of ether oxygens (including phenoxy) is 1. The second-order valence-corrected chi connectivity index (χ2v) is 5.15. The van der Waals surface area contributed by atoms with Gasteiger partial charge in [0.05, 0.1) is 18.9 Å². The zero-order valence-corrected chi connectivity index (χ0v) is 10.6. The summed E-state index contributed by atoms with van der Waals surface area (Å²) in [5.74, 6) is -1.68. The molecule has 2 atom stereocenters. The van der Waals surface area contributed by atoms with Gasteiger partial charge in [0.25, 0.3) is 0 Å². The molecule has 2 rings (SSSR count). The highest BCUT2D eigenvalue weighted by molar-refractivity contribution is 8.00. The fourth-order valence-electron chi connectivity index (χ4n) is 1.92. The standard InChI is InChI=1S/C10H12N2O5S/c1-4(13)11-9-8(17-2)7(10(15)16)12-5(14)3-6(12)18-9/h6,9H,3H2,1-2H3,(H,11,13)(H,15,16)/t6-,9?/m1/s1. The quantitative estimate of drug-likeness (QED) is 0.685. The Morgan fingerprint density at radius 2 is 2.22 bits per heavy atom. The van der Waals surface area contributed by atoms with Crippen molar-refractivity contribution in [3.05, 3.63) is 11.5 Å². The minimum atomic E-state index is -1.24. The smallest absolute Gasteiger partial charge is 0.356 e. The Morgan fingerprint density at radius 3 is 2.67 bits per heavy atom. The molecule has 1 saturated heterocycles. The molecule has 0 aliphatic carbocycles. The zero-order valence-electron chi connectivity index (χ0n) is 9.80. The van der Waals surface area contributed by atoms with E-state index in [1.807, 2.05) is 0 Å². The van der Waals surface area contributed by atoms with Crippen LogP contribution in [0.5, 0.6) is 0 Å². The molecular formula is C10H12N2O5S. The third-order valence-corrected chi connectivity index (χ3v) is 3.96. The van der Waals surface area contributed by atoms with Crippen LogP contribution in [0.15, 0.2) is 11.5 Å². The number of hydrogen-bond acceptors (Lipinski definition) is 5. The van der Waals surface area contributed by atoms with Gasteiger partial charge in [-0.25, -0.2) is 4.79 Å². The van der Waals surface area contributed by atoms with Gasteiger partial charge in [-0.15, -0.1) is 11.8 Å². The largest absolute Gasteiger partial charge is 0.495 e. The molecule has 1 unspecified atom stereocenters. The number of nitrogens with zero attached hydrogens (tertiary/aromatic N) is 1. The van der Waals surface area contributed by atoms with E-state index < -0.39 is 11.3 Å². The van der Waals surface area contributed by atoms with Crippen LogP contribution >= 0.6 is 11.8 Å². The number of amides is 2. The van der Waals surface area contributed by atoms with Crippen LogP contribution in [0, 0.1) is 0 Å². The van der Waals surface area contributed by atoms with Crippen LogP contribution in [0.2, 0.25) is 0 Å². The molecule has 8 heteroatoms. The zero-order chi connectivity index (χ0) is 13.4. The number of fused-ring (bicyclic) bond motifs is 1. The van der Waals surface area contributed by atoms with Gasteiger partial charge in [-0.3, -0.25) is 14.5 Å². The second-order valence-electron chi connectivity index (χ2n) is 3.86. The van der Waals surface area contributed by atoms with Gasteiger partial charge in [-0.05, 0) is 0 Å². The highest BCUT2D eigenvalue weighted by Gasteiger charge is 2.49. The number of carbonyl (C=O) groups excluding carboxylic acids is 2. The number of rotatable bonds is 3. The Hall–Kier alpha value is -1.70. The summed E-state index contributed by atoms with van der Waals surface area (Å²) < 4.78 is 5.05. The van der Waals surface area contributed by atoms with Crippen LogP contribution < -0.4 is 5.32 Å². The van der Waals surface area contributed by atoms with Crippen LogP contribution in [0.3, 0.4) is 0 Å². The average molecular weight is 272 g/mol. The lowest BCUT2D eigenvalue weighted by atomic mass is 10.1. The van der Waals surface area contributed by atoms with E-state index in [9.17, 15) is 19.5 Å². The molecule has 2 amide bonds. The van der Waals surface area contributed by atoms with Crippen LogP contribution in [-0.4, -0.2) is 45.6 Å². The first-order valence-electron chi connectivity index (χ1n) is 5.21. The van der Waals surface area contributed by atoms with Crippen molar-refractivity contribution >= 4 is 29.5 Å². The average Bonchev–Trinajstić information content (AvgIpc) is 2.26. The summed E-state index contributed by atoms with van der Waals surface area (Å²) in [4.78, 5) is 35.0. The number of thioether (sulfide) groups is 1. The minimum absolute atomic E-state index is 0.0898. The predicted molar refractivity (Wildman–Crippen MR) is 62.1 cm³/mol. The van der Waals surface area contributed by atoms with Gasteiger partial charge in [0.15, 0.2) is 11.5 Å². The monoisotopic (exact) mass is 272 g/mol. The second kappa shape index (κ2) is 4.52. The molecule has 0 radical (unpaired) electrons. The summed E-state index contributed by atoms with van der Waals surface area (Å²) in [5.41, 5.74) is -0.184. The normalized spacial score (nSPS) is 26.3. The highest BCUT2D eigenvalue weighted by Crippen LogP contribution is 2.43. The van der Waals surface area contributed by atoms with Crippen molar-refractivity contribution in [1.82, 2.24) is 10.2 Å². The molecule has 0 aromatic heterocycles.